The maximum absolute atomic E-state index is 11.1. The van der Waals surface area contributed by atoms with Crippen LogP contribution in [0.1, 0.15) is 32.1 Å². The Balaban J connectivity index is 2.53. The van der Waals surface area contributed by atoms with Crippen LogP contribution in [0.25, 0.3) is 0 Å². The molecule has 7 nitrogen and oxygen atoms in total. The Kier molecular flexibility index (Phi) is 3.84. The van der Waals surface area contributed by atoms with E-state index in [1.54, 1.807) is 6.92 Å². The lowest BCUT2D eigenvalue weighted by Gasteiger charge is -2.11. The van der Waals surface area contributed by atoms with Crippen LogP contribution in [0.3, 0.4) is 0 Å². The molecule has 0 atom stereocenters. The average Bonchev–Trinajstić information content (AvgIpc) is 2.43. The molecule has 0 aromatic carbocycles. The fourth-order valence-corrected chi connectivity index (χ4v) is 1.67. The van der Waals surface area contributed by atoms with Crippen molar-refractivity contribution in [3.05, 3.63) is 40.8 Å². The van der Waals surface area contributed by atoms with E-state index in [0.29, 0.717) is 12.0 Å². The molecule has 0 spiro atoms. The Morgan fingerprint density at radius 1 is 1.33 bits per heavy atom. The van der Waals surface area contributed by atoms with Gasteiger partial charge in [-0.25, -0.2) is 9.78 Å². The summed E-state index contributed by atoms with van der Waals surface area (Å²) in [6.07, 6.45) is 1.64. The molecule has 0 unspecified atom stereocenters. The van der Waals surface area contributed by atoms with Gasteiger partial charge >= 0.3 is 5.97 Å². The Bertz CT molecular complexity index is 728. The van der Waals surface area contributed by atoms with Crippen molar-refractivity contribution in [2.75, 3.05) is 0 Å². The highest BCUT2D eigenvalue weighted by Crippen LogP contribution is 2.31. The molecule has 2 aromatic rings. The van der Waals surface area contributed by atoms with Crippen molar-refractivity contribution >= 4 is 12.3 Å². The summed E-state index contributed by atoms with van der Waals surface area (Å²) in [6.45, 7) is 3.20. The number of hydrogen-bond donors (Lipinski definition) is 2. The summed E-state index contributed by atoms with van der Waals surface area (Å²) in [5.41, 5.74) is 0.548. The van der Waals surface area contributed by atoms with Crippen molar-refractivity contribution in [3.63, 3.8) is 0 Å². The molecule has 7 heteroatoms. The summed E-state index contributed by atoms with van der Waals surface area (Å²) in [5.74, 6) is -1.76. The molecule has 2 rings (SSSR count). The monoisotopic (exact) mass is 288 g/mol. The number of ether oxygens (including phenoxy) is 1. The molecule has 21 heavy (non-hydrogen) atoms. The van der Waals surface area contributed by atoms with Gasteiger partial charge < -0.3 is 14.9 Å². The molecule has 0 aliphatic heterocycles. The van der Waals surface area contributed by atoms with E-state index in [1.165, 1.54) is 25.3 Å². The quantitative estimate of drug-likeness (QED) is 0.829. The summed E-state index contributed by atoms with van der Waals surface area (Å²) in [4.78, 5) is 30.1. The van der Waals surface area contributed by atoms with Gasteiger partial charge in [-0.05, 0) is 26.0 Å². The standard InChI is InChI=1S/C14H12N2O5/c1-7-3-4-9(14(19)20)13(16-7)21-11-5-15-8(2)12(18)10(11)6-17/h3-6,18H,1-2H3,(H,19,20). The number of aryl methyl sites for hydroxylation is 2. The summed E-state index contributed by atoms with van der Waals surface area (Å²) < 4.78 is 5.36. The molecule has 0 saturated carbocycles. The van der Waals surface area contributed by atoms with Crippen LogP contribution < -0.4 is 4.74 Å². The number of carbonyl (C=O) groups excluding carboxylic acids is 1. The van der Waals surface area contributed by atoms with E-state index in [2.05, 4.69) is 9.97 Å². The Morgan fingerprint density at radius 3 is 2.67 bits per heavy atom. The van der Waals surface area contributed by atoms with Crippen LogP contribution in [-0.2, 0) is 0 Å². The first kappa shape index (κ1) is 14.4. The van der Waals surface area contributed by atoms with E-state index < -0.39 is 5.97 Å². The second kappa shape index (κ2) is 5.58. The minimum atomic E-state index is -1.21. The lowest BCUT2D eigenvalue weighted by atomic mass is 10.2. The van der Waals surface area contributed by atoms with Gasteiger partial charge in [0.1, 0.15) is 11.1 Å². The maximum Gasteiger partial charge on any atom is 0.341 e. The number of aromatic hydroxyl groups is 1. The molecule has 108 valence electrons. The lowest BCUT2D eigenvalue weighted by molar-refractivity contribution is 0.0693. The Hall–Kier alpha value is -2.96. The first-order valence-electron chi connectivity index (χ1n) is 5.96. The first-order valence-corrected chi connectivity index (χ1v) is 5.96. The first-order chi connectivity index (χ1) is 9.93. The third-order valence-electron chi connectivity index (χ3n) is 2.79. The van der Waals surface area contributed by atoms with Crippen molar-refractivity contribution in [2.24, 2.45) is 0 Å². The molecular weight excluding hydrogens is 276 g/mol. The molecule has 0 amide bonds. The third-order valence-corrected chi connectivity index (χ3v) is 2.79. The maximum atomic E-state index is 11.1. The zero-order chi connectivity index (χ0) is 15.6. The predicted molar refractivity (Wildman–Crippen MR) is 72.0 cm³/mol. The second-order valence-corrected chi connectivity index (χ2v) is 4.30. The summed E-state index contributed by atoms with van der Waals surface area (Å²) in [6, 6.07) is 2.88. The van der Waals surface area contributed by atoms with Gasteiger partial charge in [0.05, 0.1) is 11.9 Å². The summed E-state index contributed by atoms with van der Waals surface area (Å²) in [5, 5.41) is 18.9. The van der Waals surface area contributed by atoms with E-state index in [-0.39, 0.29) is 34.2 Å². The highest BCUT2D eigenvalue weighted by atomic mass is 16.5. The molecule has 0 radical (unpaired) electrons. The van der Waals surface area contributed by atoms with Crippen LogP contribution in [0, 0.1) is 13.8 Å². The van der Waals surface area contributed by atoms with E-state index >= 15 is 0 Å². The van der Waals surface area contributed by atoms with Crippen molar-refractivity contribution in [2.45, 2.75) is 13.8 Å². The average molecular weight is 288 g/mol. The van der Waals surface area contributed by atoms with Crippen molar-refractivity contribution < 1.29 is 24.5 Å². The SMILES string of the molecule is Cc1ccc(C(=O)O)c(Oc2cnc(C)c(O)c2C=O)n1. The largest absolute Gasteiger partial charge is 0.505 e. The van der Waals surface area contributed by atoms with Crippen molar-refractivity contribution in [3.8, 4) is 17.4 Å². The fourth-order valence-electron chi connectivity index (χ4n) is 1.67. The van der Waals surface area contributed by atoms with Crippen molar-refractivity contribution in [1.29, 1.82) is 0 Å². The normalized spacial score (nSPS) is 10.2. The van der Waals surface area contributed by atoms with Crippen LogP contribution in [0.4, 0.5) is 0 Å². The zero-order valence-corrected chi connectivity index (χ0v) is 11.3. The van der Waals surface area contributed by atoms with Gasteiger partial charge in [0.2, 0.25) is 5.88 Å². The number of pyridine rings is 2. The van der Waals surface area contributed by atoms with Gasteiger partial charge in [-0.15, -0.1) is 0 Å². The molecule has 2 aromatic heterocycles. The number of nitrogens with zero attached hydrogens (tertiary/aromatic N) is 2. The predicted octanol–water partition coefficient (Wildman–Crippen LogP) is 2.10. The van der Waals surface area contributed by atoms with Crippen LogP contribution in [0.5, 0.6) is 17.4 Å². The minimum Gasteiger partial charge on any atom is -0.505 e. The zero-order valence-electron chi connectivity index (χ0n) is 11.3. The number of hydrogen-bond acceptors (Lipinski definition) is 6. The molecule has 0 aliphatic rings. The van der Waals surface area contributed by atoms with Crippen LogP contribution in [0.2, 0.25) is 0 Å². The highest BCUT2D eigenvalue weighted by Gasteiger charge is 2.18. The van der Waals surface area contributed by atoms with Gasteiger partial charge in [-0.2, -0.15) is 0 Å². The Morgan fingerprint density at radius 2 is 2.05 bits per heavy atom. The topological polar surface area (TPSA) is 110 Å². The van der Waals surface area contributed by atoms with Crippen LogP contribution in [0.15, 0.2) is 18.3 Å². The van der Waals surface area contributed by atoms with E-state index in [0.717, 1.165) is 0 Å². The van der Waals surface area contributed by atoms with Gasteiger partial charge in [0.15, 0.2) is 17.8 Å². The van der Waals surface area contributed by atoms with E-state index in [9.17, 15) is 14.7 Å². The molecule has 0 bridgehead atoms. The molecule has 0 saturated heterocycles. The molecule has 2 N–H and O–H groups in total. The third kappa shape index (κ3) is 2.81. The molecule has 0 fully saturated rings. The highest BCUT2D eigenvalue weighted by molar-refractivity contribution is 5.90. The van der Waals surface area contributed by atoms with Crippen LogP contribution >= 0.6 is 0 Å². The van der Waals surface area contributed by atoms with E-state index in [4.69, 9.17) is 9.84 Å². The number of aromatic carboxylic acids is 1. The number of carboxylic acids is 1. The number of carbonyl (C=O) groups is 2. The fraction of sp³-hybridized carbons (Fsp3) is 0.143. The number of rotatable bonds is 4. The smallest absolute Gasteiger partial charge is 0.341 e. The lowest BCUT2D eigenvalue weighted by Crippen LogP contribution is -2.04. The second-order valence-electron chi connectivity index (χ2n) is 4.30. The molecular formula is C14H12N2O5. The molecule has 0 aliphatic carbocycles. The number of carboxylic acid groups (broad SMARTS) is 1. The van der Waals surface area contributed by atoms with Gasteiger partial charge in [-0.1, -0.05) is 0 Å². The van der Waals surface area contributed by atoms with Gasteiger partial charge in [0.25, 0.3) is 0 Å². The summed E-state index contributed by atoms with van der Waals surface area (Å²) in [7, 11) is 0. The van der Waals surface area contributed by atoms with Gasteiger partial charge in [0, 0.05) is 5.69 Å². The Labute approximate surface area is 119 Å². The summed E-state index contributed by atoms with van der Waals surface area (Å²) >= 11 is 0. The van der Waals surface area contributed by atoms with Crippen molar-refractivity contribution in [1.82, 2.24) is 9.97 Å². The molecule has 2 heterocycles. The number of aldehydes is 1. The van der Waals surface area contributed by atoms with Gasteiger partial charge in [-0.3, -0.25) is 9.78 Å². The minimum absolute atomic E-state index is 0.0614. The number of aromatic nitrogens is 2. The van der Waals surface area contributed by atoms with E-state index in [1.807, 2.05) is 0 Å². The van der Waals surface area contributed by atoms with Crippen LogP contribution in [-0.4, -0.2) is 32.4 Å².